The minimum Gasteiger partial charge on any atom is -0.463 e. The normalized spacial score (nSPS) is 26.9. The molecule has 0 aliphatic carbocycles. The van der Waals surface area contributed by atoms with Crippen LogP contribution < -0.4 is 0 Å². The molecule has 1 aliphatic heterocycles. The summed E-state index contributed by atoms with van der Waals surface area (Å²) in [5.41, 5.74) is 0.822. The van der Waals surface area contributed by atoms with Crippen molar-refractivity contribution >= 4 is 17.9 Å². The number of carbonyl (C=O) groups excluding carboxylic acids is 3. The average molecular weight is 396 g/mol. The summed E-state index contributed by atoms with van der Waals surface area (Å²) in [6.45, 7) is 3.37. The van der Waals surface area contributed by atoms with Gasteiger partial charge in [0.25, 0.3) is 0 Å². The molecule has 0 amide bonds. The van der Waals surface area contributed by atoms with Crippen molar-refractivity contribution in [1.29, 1.82) is 0 Å². The minimum atomic E-state index is -1.50. The summed E-state index contributed by atoms with van der Waals surface area (Å²) in [5, 5.41) is 10.4. The average Bonchev–Trinajstić information content (AvgIpc) is 2.62. The lowest BCUT2D eigenvalue weighted by molar-refractivity contribution is -0.303. The lowest BCUT2D eigenvalue weighted by atomic mass is 9.98. The third-order valence-corrected chi connectivity index (χ3v) is 3.95. The number of carbonyl (C=O) groups is 3. The monoisotopic (exact) mass is 396 g/mol. The maximum absolute atomic E-state index is 11.6. The standard InChI is InChI=1S/C19H24O9/c1-11(20)24-10-15-16(26-12(2)21)17(27-13(3)22)18(19(23)28-15)25-9-14-7-5-4-6-8-14/h4-8,15-19,23H,9-10H2,1-3H3/t15-,16-,17+,18+,19-/m1/s1. The second kappa shape index (κ2) is 10.2. The Hall–Kier alpha value is -2.49. The maximum Gasteiger partial charge on any atom is 0.303 e. The zero-order chi connectivity index (χ0) is 20.7. The number of aliphatic hydroxyl groups excluding tert-OH is 1. The van der Waals surface area contributed by atoms with Gasteiger partial charge in [-0.1, -0.05) is 30.3 Å². The summed E-state index contributed by atoms with van der Waals surface area (Å²) < 4.78 is 26.6. The number of rotatable bonds is 7. The van der Waals surface area contributed by atoms with Gasteiger partial charge in [0.15, 0.2) is 18.5 Å². The summed E-state index contributed by atoms with van der Waals surface area (Å²) in [6, 6.07) is 9.15. The third-order valence-electron chi connectivity index (χ3n) is 3.95. The molecule has 1 aromatic rings. The van der Waals surface area contributed by atoms with E-state index >= 15 is 0 Å². The first kappa shape index (κ1) is 21.8. The van der Waals surface area contributed by atoms with Crippen molar-refractivity contribution in [2.45, 2.75) is 58.1 Å². The molecule has 5 atom stereocenters. The fourth-order valence-corrected chi connectivity index (χ4v) is 2.83. The van der Waals surface area contributed by atoms with Crippen LogP contribution in [0.4, 0.5) is 0 Å². The zero-order valence-corrected chi connectivity index (χ0v) is 15.9. The molecule has 2 rings (SSSR count). The molecule has 1 fully saturated rings. The molecule has 0 bridgehead atoms. The third kappa shape index (κ3) is 6.29. The van der Waals surface area contributed by atoms with E-state index in [4.69, 9.17) is 23.7 Å². The Morgan fingerprint density at radius 3 is 2.11 bits per heavy atom. The minimum absolute atomic E-state index is 0.102. The number of hydrogen-bond donors (Lipinski definition) is 1. The van der Waals surface area contributed by atoms with Gasteiger partial charge in [-0.15, -0.1) is 0 Å². The SMILES string of the molecule is CC(=O)OC[C@H]1O[C@@H](O)[C@@H](OCc2ccccc2)[C@@H](OC(C)=O)[C@@H]1OC(C)=O. The van der Waals surface area contributed by atoms with E-state index in [1.807, 2.05) is 30.3 Å². The van der Waals surface area contributed by atoms with Crippen molar-refractivity contribution in [2.24, 2.45) is 0 Å². The van der Waals surface area contributed by atoms with Crippen LogP contribution in [0.2, 0.25) is 0 Å². The smallest absolute Gasteiger partial charge is 0.303 e. The molecule has 9 heteroatoms. The fraction of sp³-hybridized carbons (Fsp3) is 0.526. The highest BCUT2D eigenvalue weighted by molar-refractivity contribution is 5.67. The van der Waals surface area contributed by atoms with Crippen LogP contribution in [0.15, 0.2) is 30.3 Å². The maximum atomic E-state index is 11.6. The van der Waals surface area contributed by atoms with Crippen LogP contribution in [0.25, 0.3) is 0 Å². The molecule has 0 radical (unpaired) electrons. The summed E-state index contributed by atoms with van der Waals surface area (Å²) in [7, 11) is 0. The van der Waals surface area contributed by atoms with Crippen LogP contribution in [0.1, 0.15) is 26.3 Å². The molecule has 1 N–H and O–H groups in total. The molecule has 154 valence electrons. The van der Waals surface area contributed by atoms with E-state index in [0.717, 1.165) is 5.56 Å². The Bertz CT molecular complexity index is 675. The van der Waals surface area contributed by atoms with E-state index in [1.54, 1.807) is 0 Å². The quantitative estimate of drug-likeness (QED) is 0.525. The molecule has 1 aromatic carbocycles. The summed E-state index contributed by atoms with van der Waals surface area (Å²) in [5.74, 6) is -1.89. The first-order valence-corrected chi connectivity index (χ1v) is 8.74. The van der Waals surface area contributed by atoms with Gasteiger partial charge >= 0.3 is 17.9 Å². The predicted molar refractivity (Wildman–Crippen MR) is 93.6 cm³/mol. The van der Waals surface area contributed by atoms with E-state index < -0.39 is 48.6 Å². The van der Waals surface area contributed by atoms with Gasteiger partial charge in [-0.3, -0.25) is 14.4 Å². The molecule has 1 aliphatic rings. The molecule has 1 heterocycles. The summed E-state index contributed by atoms with van der Waals surface area (Å²) in [6.07, 6.45) is -5.95. The van der Waals surface area contributed by atoms with Crippen molar-refractivity contribution in [2.75, 3.05) is 6.61 Å². The zero-order valence-electron chi connectivity index (χ0n) is 15.9. The summed E-state index contributed by atoms with van der Waals surface area (Å²) in [4.78, 5) is 34.3. The van der Waals surface area contributed by atoms with Gasteiger partial charge in [-0.2, -0.15) is 0 Å². The largest absolute Gasteiger partial charge is 0.463 e. The molecular weight excluding hydrogens is 372 g/mol. The number of ether oxygens (including phenoxy) is 5. The molecule has 0 aromatic heterocycles. The second-order valence-corrected chi connectivity index (χ2v) is 6.28. The highest BCUT2D eigenvalue weighted by atomic mass is 16.7. The lowest BCUT2D eigenvalue weighted by Crippen LogP contribution is -2.62. The van der Waals surface area contributed by atoms with Crippen LogP contribution in [-0.2, 0) is 44.7 Å². The van der Waals surface area contributed by atoms with E-state index in [1.165, 1.54) is 20.8 Å². The fourth-order valence-electron chi connectivity index (χ4n) is 2.83. The van der Waals surface area contributed by atoms with Crippen LogP contribution >= 0.6 is 0 Å². The first-order chi connectivity index (χ1) is 13.3. The predicted octanol–water partition coefficient (Wildman–Crippen LogP) is 0.715. The summed E-state index contributed by atoms with van der Waals surface area (Å²) >= 11 is 0. The molecule has 0 unspecified atom stereocenters. The first-order valence-electron chi connectivity index (χ1n) is 8.74. The van der Waals surface area contributed by atoms with E-state index in [-0.39, 0.29) is 13.2 Å². The Balaban J connectivity index is 2.22. The van der Waals surface area contributed by atoms with E-state index in [9.17, 15) is 19.5 Å². The van der Waals surface area contributed by atoms with Crippen LogP contribution in [0.3, 0.4) is 0 Å². The van der Waals surface area contributed by atoms with Crippen molar-refractivity contribution in [1.82, 2.24) is 0 Å². The highest BCUT2D eigenvalue weighted by Gasteiger charge is 2.50. The van der Waals surface area contributed by atoms with Gasteiger partial charge < -0.3 is 28.8 Å². The van der Waals surface area contributed by atoms with Gasteiger partial charge in [0.2, 0.25) is 0 Å². The number of esters is 3. The lowest BCUT2D eigenvalue weighted by Gasteiger charge is -2.43. The topological polar surface area (TPSA) is 118 Å². The van der Waals surface area contributed by atoms with Crippen molar-refractivity contribution in [3.63, 3.8) is 0 Å². The molecule has 28 heavy (non-hydrogen) atoms. The van der Waals surface area contributed by atoms with Crippen molar-refractivity contribution < 1.29 is 43.2 Å². The number of hydrogen-bond acceptors (Lipinski definition) is 9. The van der Waals surface area contributed by atoms with Crippen LogP contribution in [-0.4, -0.2) is 60.3 Å². The molecule has 0 saturated carbocycles. The molecule has 9 nitrogen and oxygen atoms in total. The van der Waals surface area contributed by atoms with E-state index in [2.05, 4.69) is 0 Å². The van der Waals surface area contributed by atoms with Gasteiger partial charge in [-0.25, -0.2) is 0 Å². The van der Waals surface area contributed by atoms with Crippen LogP contribution in [0.5, 0.6) is 0 Å². The Morgan fingerprint density at radius 1 is 0.929 bits per heavy atom. The van der Waals surface area contributed by atoms with Crippen molar-refractivity contribution in [3.05, 3.63) is 35.9 Å². The molecule has 1 saturated heterocycles. The van der Waals surface area contributed by atoms with E-state index in [0.29, 0.717) is 0 Å². The van der Waals surface area contributed by atoms with Gasteiger partial charge in [-0.05, 0) is 5.56 Å². The van der Waals surface area contributed by atoms with Gasteiger partial charge in [0.05, 0.1) is 6.61 Å². The van der Waals surface area contributed by atoms with Gasteiger partial charge in [0, 0.05) is 20.8 Å². The Labute approximate surface area is 162 Å². The van der Waals surface area contributed by atoms with Crippen molar-refractivity contribution in [3.8, 4) is 0 Å². The molecular formula is C19H24O9. The second-order valence-electron chi connectivity index (χ2n) is 6.28. The number of aliphatic hydroxyl groups is 1. The Kier molecular flexibility index (Phi) is 7.91. The van der Waals surface area contributed by atoms with Crippen LogP contribution in [0, 0.1) is 0 Å². The van der Waals surface area contributed by atoms with Gasteiger partial charge in [0.1, 0.15) is 18.8 Å². The highest BCUT2D eigenvalue weighted by Crippen LogP contribution is 2.28. The molecule has 0 spiro atoms. The number of benzene rings is 1. The Morgan fingerprint density at radius 2 is 1.54 bits per heavy atom.